The summed E-state index contributed by atoms with van der Waals surface area (Å²) in [7, 11) is 0. The largest absolute Gasteiger partial charge is 0.416 e. The summed E-state index contributed by atoms with van der Waals surface area (Å²) in [5, 5.41) is 35.2. The molecule has 6 heterocycles. The molecule has 130 heavy (non-hydrogen) atoms. The van der Waals surface area contributed by atoms with Crippen LogP contribution in [0, 0.1) is 22.7 Å². The van der Waals surface area contributed by atoms with Gasteiger partial charge >= 0.3 is 12.4 Å². The normalized spacial score (nSPS) is 12.8. The lowest BCUT2D eigenvalue weighted by atomic mass is 9.78. The van der Waals surface area contributed by atoms with E-state index in [1.807, 2.05) is 48.5 Å². The first kappa shape index (κ1) is 80.7. The quantitative estimate of drug-likeness (QED) is 0.121. The zero-order valence-electron chi connectivity index (χ0n) is 73.7. The Kier molecular flexibility index (Phi) is 18.0. The highest BCUT2D eigenvalue weighted by Crippen LogP contribution is 2.50. The van der Waals surface area contributed by atoms with E-state index in [2.05, 4.69) is 340 Å². The summed E-state index contributed by atoms with van der Waals surface area (Å²) in [5.41, 5.74) is 20.1. The number of halogens is 6. The third kappa shape index (κ3) is 12.8. The summed E-state index contributed by atoms with van der Waals surface area (Å²) < 4.78 is 103. The molecular weight excluding hydrogens is 1620 g/mol. The molecule has 6 aromatic heterocycles. The molecule has 0 fully saturated rings. The fourth-order valence-electron chi connectivity index (χ4n) is 20.6. The van der Waals surface area contributed by atoms with Crippen LogP contribution in [0.5, 0.6) is 0 Å². The second kappa shape index (κ2) is 29.0. The molecule has 8 nitrogen and oxygen atoms in total. The van der Waals surface area contributed by atoms with Gasteiger partial charge < -0.3 is 27.4 Å². The Hall–Kier alpha value is -15.1. The van der Waals surface area contributed by atoms with Gasteiger partial charge in [-0.15, -0.1) is 0 Å². The molecule has 0 saturated carbocycles. The number of nitrogens with zero attached hydrogens (tertiary/aromatic N) is 8. The highest BCUT2D eigenvalue weighted by molar-refractivity contribution is 6.17. The van der Waals surface area contributed by atoms with Crippen LogP contribution in [0.25, 0.3) is 187 Å². The Morgan fingerprint density at radius 2 is 0.515 bits per heavy atom. The molecule has 0 saturated heterocycles. The highest BCUT2D eigenvalue weighted by Gasteiger charge is 2.35. The number of rotatable bonds is 11. The van der Waals surface area contributed by atoms with Crippen molar-refractivity contribution in [2.45, 2.75) is 117 Å². The van der Waals surface area contributed by atoms with Gasteiger partial charge in [0.1, 0.15) is 0 Å². The van der Waals surface area contributed by atoms with E-state index in [1.54, 1.807) is 12.1 Å². The van der Waals surface area contributed by atoms with Crippen molar-refractivity contribution in [1.29, 1.82) is 10.5 Å². The summed E-state index contributed by atoms with van der Waals surface area (Å²) in [6, 6.07) is 112. The number of benzene rings is 16. The number of alkyl halides is 6. The topological polar surface area (TPSA) is 77.2 Å². The van der Waals surface area contributed by atoms with Crippen molar-refractivity contribution in [1.82, 2.24) is 27.4 Å². The van der Waals surface area contributed by atoms with Gasteiger partial charge in [0, 0.05) is 87.1 Å². The lowest BCUT2D eigenvalue weighted by Crippen LogP contribution is -2.20. The van der Waals surface area contributed by atoms with Crippen molar-refractivity contribution in [3.63, 3.8) is 0 Å². The Morgan fingerprint density at radius 3 is 0.869 bits per heavy atom. The molecule has 0 atom stereocenters. The molecule has 14 heteroatoms. The summed E-state index contributed by atoms with van der Waals surface area (Å²) in [4.78, 5) is 0. The van der Waals surface area contributed by atoms with Crippen LogP contribution in [-0.2, 0) is 40.4 Å². The van der Waals surface area contributed by atoms with Crippen LogP contribution >= 0.6 is 0 Å². The molecule has 16 aromatic carbocycles. The molecule has 634 valence electrons. The summed E-state index contributed by atoms with van der Waals surface area (Å²) in [6.45, 7) is 24.5. The predicted octanol–water partition coefficient (Wildman–Crippen LogP) is 31.8. The fraction of sp³-hybridized carbons (Fsp3) is 0.155. The molecular formula is C116H88F6N8. The van der Waals surface area contributed by atoms with Crippen molar-refractivity contribution in [2.75, 3.05) is 0 Å². The molecule has 22 rings (SSSR count). The average Bonchev–Trinajstić information content (AvgIpc) is 1.56. The molecule has 0 unspecified atom stereocenters. The SMILES string of the molecule is CC(C)(C)c1ccc2c(c1)c1cc(C(C)(C)C)ccc1n2-c1cc(C#N)c(-c2cccc(C(F)(F)F)c2)cc1-n1c2ccc(C(C)(C)C)cc2c2cc(C(C)(C)Cc3ccc4c(c3)c3ccccc3n4-c3ccc4c5ccccc5n(-c5cc(C#N)c(-c6cccc(C(F)(F)F)c6)cc5-n5c6ccccc6c6ccc(-n7c8ccccc8c8ccccc87)cc65)c4c3)ccc21. The Labute approximate surface area is 747 Å². The van der Waals surface area contributed by atoms with Crippen molar-refractivity contribution in [3.8, 4) is 68.5 Å². The van der Waals surface area contributed by atoms with Gasteiger partial charge in [0.15, 0.2) is 0 Å². The minimum Gasteiger partial charge on any atom is -0.309 e. The van der Waals surface area contributed by atoms with Crippen LogP contribution in [-0.4, -0.2) is 27.4 Å². The van der Waals surface area contributed by atoms with Crippen LogP contribution in [0.4, 0.5) is 26.3 Å². The van der Waals surface area contributed by atoms with Crippen LogP contribution < -0.4 is 0 Å². The lowest BCUT2D eigenvalue weighted by Gasteiger charge is -2.26. The molecule has 0 bridgehead atoms. The third-order valence-electron chi connectivity index (χ3n) is 27.1. The van der Waals surface area contributed by atoms with E-state index < -0.39 is 28.9 Å². The number of hydrogen-bond acceptors (Lipinski definition) is 2. The monoisotopic (exact) mass is 1710 g/mol. The van der Waals surface area contributed by atoms with Gasteiger partial charge in [-0.2, -0.15) is 36.9 Å². The maximum atomic E-state index is 14.9. The molecule has 0 spiro atoms. The van der Waals surface area contributed by atoms with Gasteiger partial charge in [-0.05, 0) is 231 Å². The van der Waals surface area contributed by atoms with Crippen LogP contribution in [0.15, 0.2) is 322 Å². The van der Waals surface area contributed by atoms with Gasteiger partial charge in [-0.3, -0.25) is 0 Å². The van der Waals surface area contributed by atoms with E-state index in [0.717, 1.165) is 194 Å². The minimum atomic E-state index is -4.65. The molecule has 0 radical (unpaired) electrons. The Bertz CT molecular complexity index is 8560. The molecule has 0 N–H and O–H groups in total. The number of hydrogen-bond donors (Lipinski definition) is 0. The molecule has 22 aromatic rings. The smallest absolute Gasteiger partial charge is 0.309 e. The maximum Gasteiger partial charge on any atom is 0.416 e. The maximum absolute atomic E-state index is 14.9. The number of para-hydroxylation sites is 5. The zero-order valence-corrected chi connectivity index (χ0v) is 73.7. The molecule has 0 aliphatic heterocycles. The third-order valence-corrected chi connectivity index (χ3v) is 27.1. The number of aromatic nitrogens is 6. The van der Waals surface area contributed by atoms with Gasteiger partial charge in [-0.1, -0.05) is 234 Å². The highest BCUT2D eigenvalue weighted by atomic mass is 19.4. The summed E-state index contributed by atoms with van der Waals surface area (Å²) in [6.07, 6.45) is -8.65. The first-order chi connectivity index (χ1) is 62.3. The van der Waals surface area contributed by atoms with Crippen molar-refractivity contribution >= 4 is 131 Å². The predicted molar refractivity (Wildman–Crippen MR) is 522 cm³/mol. The van der Waals surface area contributed by atoms with Gasteiger partial charge in [-0.25, -0.2) is 0 Å². The lowest BCUT2D eigenvalue weighted by molar-refractivity contribution is -0.138. The van der Waals surface area contributed by atoms with Crippen molar-refractivity contribution in [3.05, 3.63) is 372 Å². The first-order valence-corrected chi connectivity index (χ1v) is 44.1. The second-order valence-corrected chi connectivity index (χ2v) is 38.7. The van der Waals surface area contributed by atoms with E-state index in [9.17, 15) is 36.9 Å². The summed E-state index contributed by atoms with van der Waals surface area (Å²) >= 11 is 0. The fourth-order valence-corrected chi connectivity index (χ4v) is 20.6. The van der Waals surface area contributed by atoms with E-state index in [1.165, 1.54) is 12.1 Å². The minimum absolute atomic E-state index is 0.186. The van der Waals surface area contributed by atoms with E-state index >= 15 is 0 Å². The van der Waals surface area contributed by atoms with Crippen molar-refractivity contribution < 1.29 is 26.3 Å². The number of fused-ring (bicyclic) bond motifs is 18. The van der Waals surface area contributed by atoms with Crippen LogP contribution in [0.1, 0.15) is 126 Å². The number of nitriles is 2. The van der Waals surface area contributed by atoms with E-state index in [4.69, 9.17) is 0 Å². The van der Waals surface area contributed by atoms with Crippen LogP contribution in [0.3, 0.4) is 0 Å². The standard InChI is InChI=1S/C116H88F6N8/c1-111(2,3)73-39-48-101-91(57-73)92-58-74(112(4,5)6)40-49-102(92)127(101)107-55-71(66-123)88(69-24-22-26-77(53-69)115(117,118)119)63-109(107)128-103-50-41-75(113(7,8)9)59-93(103)94-60-76(42-51-104(94)128)114(10,11)65-68-38-47-100-90(52-68)85-32-16-19-35-97(85)126(100)80-44-46-86-83-30-14-20-36-98(83)129(105(86)62-80)108-56-72(67-124)89(70-25-23-27-78(54-70)116(120,121)122)64-110(108)130-99-37-21-15-31-84(99)87-45-43-79(61-106(87)130)125-95-33-17-12-28-81(95)82-29-13-18-34-96(82)125/h12-64H,65H2,1-11H3. The second-order valence-electron chi connectivity index (χ2n) is 38.7. The summed E-state index contributed by atoms with van der Waals surface area (Å²) in [5.74, 6) is 0. The van der Waals surface area contributed by atoms with Crippen molar-refractivity contribution in [2.24, 2.45) is 0 Å². The Balaban J connectivity index is 0.705. The van der Waals surface area contributed by atoms with E-state index in [-0.39, 0.29) is 38.5 Å². The van der Waals surface area contributed by atoms with Gasteiger partial charge in [0.25, 0.3) is 0 Å². The molecule has 0 amide bonds. The van der Waals surface area contributed by atoms with Crippen LogP contribution in [0.2, 0.25) is 0 Å². The van der Waals surface area contributed by atoms with Gasteiger partial charge in [0.2, 0.25) is 0 Å². The Morgan fingerprint density at radius 1 is 0.231 bits per heavy atom. The molecule has 0 aliphatic carbocycles. The molecule has 0 aliphatic rings. The first-order valence-electron chi connectivity index (χ1n) is 44.1. The average molecular weight is 1710 g/mol. The zero-order chi connectivity index (χ0) is 89.9. The van der Waals surface area contributed by atoms with E-state index in [0.29, 0.717) is 40.3 Å². The van der Waals surface area contributed by atoms with Gasteiger partial charge in [0.05, 0.1) is 123 Å².